The summed E-state index contributed by atoms with van der Waals surface area (Å²) in [5, 5.41) is 4.94. The minimum Gasteiger partial charge on any atom is -0.359 e. The molecule has 0 aliphatic carbocycles. The monoisotopic (exact) mass is 384 g/mol. The second-order valence-corrected chi connectivity index (χ2v) is 8.29. The lowest BCUT2D eigenvalue weighted by Gasteiger charge is -2.42. The van der Waals surface area contributed by atoms with Gasteiger partial charge in [0.05, 0.1) is 5.41 Å². The minimum atomic E-state index is -0.566. The number of amides is 2. The van der Waals surface area contributed by atoms with E-state index in [4.69, 9.17) is 0 Å². The molecule has 1 N–H and O–H groups in total. The molecule has 3 rings (SSSR count). The number of carbonyl (C=O) groups is 2. The fourth-order valence-corrected chi connectivity index (χ4v) is 4.89. The highest BCUT2D eigenvalue weighted by Gasteiger charge is 2.43. The quantitative estimate of drug-likeness (QED) is 0.815. The number of hydrogen-bond donors (Lipinski definition) is 1. The zero-order chi connectivity index (χ0) is 19.3. The Balaban J connectivity index is 1.93. The third-order valence-electron chi connectivity index (χ3n) is 5.44. The van der Waals surface area contributed by atoms with Crippen molar-refractivity contribution in [3.8, 4) is 10.4 Å². The van der Waals surface area contributed by atoms with Gasteiger partial charge in [-0.3, -0.25) is 9.59 Å². The standard InChI is InChI=1S/C22H28N2O2S/c1-3-8-20(25)24-13-7-12-22(16-24,21(26)23-2)15-17-9-4-5-10-18(17)19-11-6-14-27-19/h4-6,9-11,14H,3,7-8,12-13,15-16H2,1-2H3,(H,23,26)/t22-/m0/s1. The van der Waals surface area contributed by atoms with E-state index < -0.39 is 5.41 Å². The fourth-order valence-electron chi connectivity index (χ4n) is 4.10. The van der Waals surface area contributed by atoms with Gasteiger partial charge in [0.2, 0.25) is 11.8 Å². The van der Waals surface area contributed by atoms with Crippen LogP contribution in [-0.4, -0.2) is 36.9 Å². The molecule has 1 aliphatic heterocycles. The summed E-state index contributed by atoms with van der Waals surface area (Å²) >= 11 is 1.71. The highest BCUT2D eigenvalue weighted by atomic mass is 32.1. The van der Waals surface area contributed by atoms with Crippen LogP contribution in [0, 0.1) is 5.41 Å². The summed E-state index contributed by atoms with van der Waals surface area (Å²) < 4.78 is 0. The Labute approximate surface area is 165 Å². The summed E-state index contributed by atoms with van der Waals surface area (Å²) in [5.41, 5.74) is 1.80. The number of hydrogen-bond acceptors (Lipinski definition) is 3. The van der Waals surface area contributed by atoms with E-state index >= 15 is 0 Å². The molecule has 0 unspecified atom stereocenters. The van der Waals surface area contributed by atoms with Crippen LogP contribution in [0.1, 0.15) is 38.2 Å². The van der Waals surface area contributed by atoms with Gasteiger partial charge < -0.3 is 10.2 Å². The summed E-state index contributed by atoms with van der Waals surface area (Å²) in [7, 11) is 1.70. The van der Waals surface area contributed by atoms with E-state index in [0.717, 1.165) is 25.8 Å². The first-order valence-corrected chi connectivity index (χ1v) is 10.6. The smallest absolute Gasteiger partial charge is 0.228 e. The highest BCUT2D eigenvalue weighted by Crippen LogP contribution is 2.38. The summed E-state index contributed by atoms with van der Waals surface area (Å²) in [6.45, 7) is 3.28. The summed E-state index contributed by atoms with van der Waals surface area (Å²) in [4.78, 5) is 28.6. The molecule has 0 spiro atoms. The van der Waals surface area contributed by atoms with Crippen LogP contribution >= 0.6 is 11.3 Å². The Hall–Kier alpha value is -2.14. The number of rotatable bonds is 6. The van der Waals surface area contributed by atoms with E-state index in [9.17, 15) is 9.59 Å². The third kappa shape index (κ3) is 4.24. The minimum absolute atomic E-state index is 0.0393. The number of nitrogens with one attached hydrogen (secondary N) is 1. The van der Waals surface area contributed by atoms with Crippen molar-refractivity contribution in [3.05, 3.63) is 47.3 Å². The predicted octanol–water partition coefficient (Wildman–Crippen LogP) is 4.11. The lowest BCUT2D eigenvalue weighted by atomic mass is 9.73. The zero-order valence-corrected chi connectivity index (χ0v) is 17.0. The molecule has 4 nitrogen and oxygen atoms in total. The van der Waals surface area contributed by atoms with Crippen LogP contribution in [0.4, 0.5) is 0 Å². The van der Waals surface area contributed by atoms with E-state index in [1.807, 2.05) is 24.0 Å². The van der Waals surface area contributed by atoms with Gasteiger partial charge in [0.25, 0.3) is 0 Å². The van der Waals surface area contributed by atoms with Crippen LogP contribution in [0.5, 0.6) is 0 Å². The van der Waals surface area contributed by atoms with Crippen molar-refractivity contribution in [2.24, 2.45) is 5.41 Å². The Kier molecular flexibility index (Phi) is 6.32. The number of nitrogens with zero attached hydrogens (tertiary/aromatic N) is 1. The van der Waals surface area contributed by atoms with E-state index in [2.05, 4.69) is 35.0 Å². The summed E-state index contributed by atoms with van der Waals surface area (Å²) in [6.07, 6.45) is 3.71. The Morgan fingerprint density at radius 1 is 1.22 bits per heavy atom. The van der Waals surface area contributed by atoms with Gasteiger partial charge in [0, 0.05) is 31.4 Å². The van der Waals surface area contributed by atoms with Crippen LogP contribution in [0.3, 0.4) is 0 Å². The molecule has 1 atom stereocenters. The highest BCUT2D eigenvalue weighted by molar-refractivity contribution is 7.13. The van der Waals surface area contributed by atoms with Crippen molar-refractivity contribution in [3.63, 3.8) is 0 Å². The molecule has 1 aliphatic rings. The van der Waals surface area contributed by atoms with Crippen molar-refractivity contribution in [2.75, 3.05) is 20.1 Å². The van der Waals surface area contributed by atoms with Gasteiger partial charge in [0.1, 0.15) is 0 Å². The molecule has 2 aromatic rings. The molecule has 27 heavy (non-hydrogen) atoms. The van der Waals surface area contributed by atoms with Crippen molar-refractivity contribution >= 4 is 23.2 Å². The zero-order valence-electron chi connectivity index (χ0n) is 16.2. The fraction of sp³-hybridized carbons (Fsp3) is 0.455. The lowest BCUT2D eigenvalue weighted by Crippen LogP contribution is -2.54. The molecule has 0 bridgehead atoms. The van der Waals surface area contributed by atoms with E-state index in [0.29, 0.717) is 19.4 Å². The van der Waals surface area contributed by atoms with Gasteiger partial charge in [-0.2, -0.15) is 0 Å². The second kappa shape index (κ2) is 8.70. The number of benzene rings is 1. The van der Waals surface area contributed by atoms with Crippen molar-refractivity contribution in [1.29, 1.82) is 0 Å². The third-order valence-corrected chi connectivity index (χ3v) is 6.34. The second-order valence-electron chi connectivity index (χ2n) is 7.34. The number of carbonyl (C=O) groups excluding carboxylic acids is 2. The van der Waals surface area contributed by atoms with Gasteiger partial charge in [0.15, 0.2) is 0 Å². The molecule has 1 aromatic carbocycles. The number of thiophene rings is 1. The molecule has 2 amide bonds. The van der Waals surface area contributed by atoms with E-state index in [-0.39, 0.29) is 11.8 Å². The number of piperidine rings is 1. The first-order valence-electron chi connectivity index (χ1n) is 9.71. The maximum Gasteiger partial charge on any atom is 0.228 e. The number of likely N-dealkylation sites (tertiary alicyclic amines) is 1. The first-order chi connectivity index (χ1) is 13.1. The maximum atomic E-state index is 13.0. The SMILES string of the molecule is CCCC(=O)N1CCC[C@@](Cc2ccccc2-c2cccs2)(C(=O)NC)C1. The molecule has 144 valence electrons. The molecule has 5 heteroatoms. The average Bonchev–Trinajstić information content (AvgIpc) is 3.22. The van der Waals surface area contributed by atoms with Gasteiger partial charge in [-0.25, -0.2) is 0 Å². The molecule has 1 aromatic heterocycles. The van der Waals surface area contributed by atoms with Gasteiger partial charge in [-0.05, 0) is 48.3 Å². The average molecular weight is 385 g/mol. The summed E-state index contributed by atoms with van der Waals surface area (Å²) in [6, 6.07) is 12.5. The Morgan fingerprint density at radius 2 is 2.04 bits per heavy atom. The lowest BCUT2D eigenvalue weighted by molar-refractivity contribution is -0.141. The van der Waals surface area contributed by atoms with Crippen molar-refractivity contribution in [2.45, 2.75) is 39.0 Å². The first kappa shape index (κ1) is 19.6. The van der Waals surface area contributed by atoms with Crippen molar-refractivity contribution < 1.29 is 9.59 Å². The van der Waals surface area contributed by atoms with Crippen LogP contribution < -0.4 is 5.32 Å². The Bertz CT molecular complexity index is 787. The molecule has 0 saturated carbocycles. The Morgan fingerprint density at radius 3 is 2.74 bits per heavy atom. The molecular weight excluding hydrogens is 356 g/mol. The van der Waals surface area contributed by atoms with Gasteiger partial charge >= 0.3 is 0 Å². The summed E-state index contributed by atoms with van der Waals surface area (Å²) in [5.74, 6) is 0.203. The molecule has 1 fully saturated rings. The molecule has 0 radical (unpaired) electrons. The van der Waals surface area contributed by atoms with Crippen LogP contribution in [0.15, 0.2) is 41.8 Å². The van der Waals surface area contributed by atoms with Crippen LogP contribution in [0.2, 0.25) is 0 Å². The maximum absolute atomic E-state index is 13.0. The topological polar surface area (TPSA) is 49.4 Å². The van der Waals surface area contributed by atoms with Crippen molar-refractivity contribution in [1.82, 2.24) is 10.2 Å². The van der Waals surface area contributed by atoms with E-state index in [1.54, 1.807) is 18.4 Å². The van der Waals surface area contributed by atoms with E-state index in [1.165, 1.54) is 16.0 Å². The van der Waals surface area contributed by atoms with Gasteiger partial charge in [-0.15, -0.1) is 11.3 Å². The van der Waals surface area contributed by atoms with Gasteiger partial charge in [-0.1, -0.05) is 37.3 Å². The molecule has 2 heterocycles. The van der Waals surface area contributed by atoms with Crippen LogP contribution in [0.25, 0.3) is 10.4 Å². The molecule has 1 saturated heterocycles. The normalized spacial score (nSPS) is 19.7. The molecular formula is C22H28N2O2S. The predicted molar refractivity (Wildman–Crippen MR) is 111 cm³/mol. The van der Waals surface area contributed by atoms with Crippen LogP contribution in [-0.2, 0) is 16.0 Å². The largest absolute Gasteiger partial charge is 0.359 e.